The van der Waals surface area contributed by atoms with Crippen LogP contribution in [0.25, 0.3) is 0 Å². The molecule has 2 saturated heterocycles. The van der Waals surface area contributed by atoms with Crippen LogP contribution >= 0.6 is 0 Å². The van der Waals surface area contributed by atoms with Crippen molar-refractivity contribution in [3.05, 3.63) is 12.2 Å². The summed E-state index contributed by atoms with van der Waals surface area (Å²) in [6.07, 6.45) is 6.77. The van der Waals surface area contributed by atoms with Gasteiger partial charge in [-0.2, -0.15) is 0 Å². The van der Waals surface area contributed by atoms with Gasteiger partial charge in [0.25, 0.3) is 0 Å². The van der Waals surface area contributed by atoms with Crippen molar-refractivity contribution in [2.45, 2.75) is 103 Å². The van der Waals surface area contributed by atoms with Gasteiger partial charge in [0.2, 0.25) is 0 Å². The molecule has 11 nitrogen and oxygen atoms in total. The molecule has 0 spiro atoms. The highest BCUT2D eigenvalue weighted by Crippen LogP contribution is 2.22. The number of ketones is 1. The number of hydrogen-bond donors (Lipinski definition) is 2. The Morgan fingerprint density at radius 3 is 1.61 bits per heavy atom. The zero-order valence-electron chi connectivity index (χ0n) is 29.4. The minimum atomic E-state index is -0.789. The Labute approximate surface area is 278 Å². The quantitative estimate of drug-likeness (QED) is 0.0906. The zero-order valence-corrected chi connectivity index (χ0v) is 29.4. The molecule has 2 atom stereocenters. The fourth-order valence-corrected chi connectivity index (χ4v) is 5.81. The molecule has 46 heavy (non-hydrogen) atoms. The van der Waals surface area contributed by atoms with Crippen molar-refractivity contribution in [2.24, 2.45) is 0 Å². The summed E-state index contributed by atoms with van der Waals surface area (Å²) in [6, 6.07) is 0. The van der Waals surface area contributed by atoms with Crippen molar-refractivity contribution in [2.75, 3.05) is 91.8 Å². The molecule has 2 aliphatic heterocycles. The summed E-state index contributed by atoms with van der Waals surface area (Å²) < 4.78 is 11.6. The number of aliphatic carboxylic acids is 1. The molecule has 2 rings (SSSR count). The Bertz CT molecular complexity index is 930. The lowest BCUT2D eigenvalue weighted by Crippen LogP contribution is -2.48. The number of piperazine rings is 2. The number of ether oxygens (including phenoxy) is 2. The molecule has 266 valence electrons. The molecule has 0 aromatic heterocycles. The maximum absolute atomic E-state index is 13.0. The molecule has 0 aliphatic carbocycles. The lowest BCUT2D eigenvalue weighted by Gasteiger charge is -2.35. The summed E-state index contributed by atoms with van der Waals surface area (Å²) >= 11 is 0. The van der Waals surface area contributed by atoms with Crippen LogP contribution in [0.3, 0.4) is 0 Å². The van der Waals surface area contributed by atoms with Crippen LogP contribution in [0.5, 0.6) is 0 Å². The Balaban J connectivity index is 1.47. The van der Waals surface area contributed by atoms with E-state index in [1.54, 1.807) is 0 Å². The topological polar surface area (TPSA) is 123 Å². The average molecular weight is 653 g/mol. The van der Waals surface area contributed by atoms with Crippen molar-refractivity contribution < 1.29 is 34.1 Å². The number of unbranched alkanes of at least 4 members (excludes halogenated alkanes) is 3. The molecule has 0 aromatic rings. The lowest BCUT2D eigenvalue weighted by molar-refractivity contribution is -0.144. The van der Waals surface area contributed by atoms with Gasteiger partial charge in [-0.1, -0.05) is 26.8 Å². The van der Waals surface area contributed by atoms with Gasteiger partial charge in [-0.3, -0.25) is 14.4 Å². The molecule has 0 aromatic carbocycles. The second-order valence-electron chi connectivity index (χ2n) is 13.5. The number of rotatable bonds is 24. The number of hydrogen-bond acceptors (Lipinski definition) is 10. The highest BCUT2D eigenvalue weighted by Gasteiger charge is 2.32. The van der Waals surface area contributed by atoms with Crippen LogP contribution in [-0.4, -0.2) is 150 Å². The van der Waals surface area contributed by atoms with Gasteiger partial charge in [-0.05, 0) is 57.9 Å². The third-order valence-corrected chi connectivity index (χ3v) is 10.0. The molecule has 0 bridgehead atoms. The molecule has 0 saturated carbocycles. The highest BCUT2D eigenvalue weighted by atomic mass is 16.5. The molecule has 2 heterocycles. The summed E-state index contributed by atoms with van der Waals surface area (Å²) in [4.78, 5) is 45.2. The van der Waals surface area contributed by atoms with Gasteiger partial charge in [-0.25, -0.2) is 0 Å². The first-order chi connectivity index (χ1) is 21.9. The molecule has 2 fully saturated rings. The first-order valence-corrected chi connectivity index (χ1v) is 17.7. The van der Waals surface area contributed by atoms with Crippen molar-refractivity contribution in [3.8, 4) is 0 Å². The monoisotopic (exact) mass is 652 g/mol. The van der Waals surface area contributed by atoms with E-state index in [1.165, 1.54) is 0 Å². The van der Waals surface area contributed by atoms with E-state index >= 15 is 0 Å². The summed E-state index contributed by atoms with van der Waals surface area (Å²) in [7, 11) is 0. The molecule has 0 amide bonds. The summed E-state index contributed by atoms with van der Waals surface area (Å²) in [5, 5.41) is 19.2. The van der Waals surface area contributed by atoms with Gasteiger partial charge in [0.1, 0.15) is 5.60 Å². The second kappa shape index (κ2) is 21.2. The number of aliphatic hydroxyl groups is 1. The van der Waals surface area contributed by atoms with Gasteiger partial charge < -0.3 is 39.3 Å². The van der Waals surface area contributed by atoms with Gasteiger partial charge in [-0.15, -0.1) is 0 Å². The van der Waals surface area contributed by atoms with Gasteiger partial charge >= 0.3 is 11.9 Å². The number of carboxylic acid groups (broad SMARTS) is 1. The van der Waals surface area contributed by atoms with Crippen LogP contribution in [0, 0.1) is 0 Å². The summed E-state index contributed by atoms with van der Waals surface area (Å²) in [6.45, 7) is 22.9. The second-order valence-corrected chi connectivity index (χ2v) is 13.5. The van der Waals surface area contributed by atoms with Crippen LogP contribution in [0.15, 0.2) is 12.2 Å². The predicted molar refractivity (Wildman–Crippen MR) is 181 cm³/mol. The van der Waals surface area contributed by atoms with E-state index in [2.05, 4.69) is 26.2 Å². The van der Waals surface area contributed by atoms with E-state index in [0.717, 1.165) is 103 Å². The van der Waals surface area contributed by atoms with Crippen LogP contribution in [-0.2, 0) is 23.9 Å². The van der Waals surface area contributed by atoms with E-state index in [-0.39, 0.29) is 18.2 Å². The molecule has 2 aliphatic rings. The van der Waals surface area contributed by atoms with Crippen molar-refractivity contribution in [1.29, 1.82) is 0 Å². The maximum Gasteiger partial charge on any atom is 0.307 e. The van der Waals surface area contributed by atoms with Crippen molar-refractivity contribution >= 4 is 17.7 Å². The number of Topliss-reactive ketones (excluding diaryl/α,β-unsaturated/α-hetero) is 1. The number of carbonyl (C=O) groups is 3. The zero-order chi connectivity index (χ0) is 34.0. The summed E-state index contributed by atoms with van der Waals surface area (Å²) in [5.41, 5.74) is -0.661. The molecule has 0 radical (unpaired) electrons. The molecular weight excluding hydrogens is 588 g/mol. The average Bonchev–Trinajstić information content (AvgIpc) is 3.05. The Morgan fingerprint density at radius 1 is 0.674 bits per heavy atom. The Kier molecular flexibility index (Phi) is 18.5. The van der Waals surface area contributed by atoms with E-state index in [1.807, 2.05) is 27.7 Å². The summed E-state index contributed by atoms with van der Waals surface area (Å²) in [5.74, 6) is -0.762. The highest BCUT2D eigenvalue weighted by molar-refractivity contribution is 5.87. The Morgan fingerprint density at radius 2 is 1.13 bits per heavy atom. The minimum absolute atomic E-state index is 0.138. The molecule has 11 heteroatoms. The van der Waals surface area contributed by atoms with Gasteiger partial charge in [0, 0.05) is 91.6 Å². The van der Waals surface area contributed by atoms with Crippen LogP contribution in [0.4, 0.5) is 0 Å². The fraction of sp³-hybridized carbons (Fsp3) is 0.857. The number of esters is 1. The van der Waals surface area contributed by atoms with Crippen LogP contribution in [0.1, 0.15) is 91.9 Å². The van der Waals surface area contributed by atoms with Gasteiger partial charge in [0.15, 0.2) is 5.78 Å². The standard InChI is InChI=1S/C35H64N4O7/c1-6-34(4,44)30(3)12-16-36-20-26-39(27-21-36)19-15-33(43)45-28-10-8-9-11-29-46-35(5,7-2)31(40)13-17-37-22-24-38(25-23-37)18-14-32(41)42/h44H,3,6-29H2,1-2,4-5H3,(H,41,42). The number of carboxylic acids is 1. The van der Waals surface area contributed by atoms with E-state index in [9.17, 15) is 19.5 Å². The normalized spacial score (nSPS) is 19.8. The van der Waals surface area contributed by atoms with E-state index < -0.39 is 17.2 Å². The SMILES string of the molecule is C=C(CCN1CCN(CCC(=O)OCCCCCCOC(C)(CC)C(=O)CCN2CCN(CCC(=O)O)CC2)CC1)C(C)(O)CC. The van der Waals surface area contributed by atoms with Crippen LogP contribution < -0.4 is 0 Å². The fourth-order valence-electron chi connectivity index (χ4n) is 5.81. The predicted octanol–water partition coefficient (Wildman–Crippen LogP) is 3.44. The smallest absolute Gasteiger partial charge is 0.307 e. The third-order valence-electron chi connectivity index (χ3n) is 10.0. The van der Waals surface area contributed by atoms with Crippen LogP contribution in [0.2, 0.25) is 0 Å². The lowest BCUT2D eigenvalue weighted by atomic mass is 9.92. The Hall–Kier alpha value is -1.89. The van der Waals surface area contributed by atoms with Gasteiger partial charge in [0.05, 0.1) is 25.0 Å². The first kappa shape index (κ1) is 40.3. The number of carbonyl (C=O) groups excluding carboxylic acids is 2. The molecule has 2 unspecified atom stereocenters. The third kappa shape index (κ3) is 15.3. The molecular formula is C35H64N4O7. The van der Waals surface area contributed by atoms with E-state index in [0.29, 0.717) is 52.0 Å². The maximum atomic E-state index is 13.0. The first-order valence-electron chi connectivity index (χ1n) is 17.7. The molecule has 2 N–H and O–H groups in total. The minimum Gasteiger partial charge on any atom is -0.481 e. The largest absolute Gasteiger partial charge is 0.481 e. The number of nitrogens with zero attached hydrogens (tertiary/aromatic N) is 4. The van der Waals surface area contributed by atoms with E-state index in [4.69, 9.17) is 14.6 Å². The van der Waals surface area contributed by atoms with Crippen molar-refractivity contribution in [1.82, 2.24) is 19.6 Å². The van der Waals surface area contributed by atoms with Crippen molar-refractivity contribution in [3.63, 3.8) is 0 Å².